The fourth-order valence-corrected chi connectivity index (χ4v) is 3.21. The molecule has 0 unspecified atom stereocenters. The van der Waals surface area contributed by atoms with Gasteiger partial charge in [0.05, 0.1) is 0 Å². The second kappa shape index (κ2) is 8.20. The fraction of sp³-hybridized carbons (Fsp3) is 0.750. The summed E-state index contributed by atoms with van der Waals surface area (Å²) in [5.74, 6) is 0. The van der Waals surface area contributed by atoms with Gasteiger partial charge in [0.25, 0.3) is 15.2 Å². The van der Waals surface area contributed by atoms with E-state index in [0.717, 1.165) is 17.4 Å². The van der Waals surface area contributed by atoms with Crippen LogP contribution in [-0.2, 0) is 14.8 Å². The molecule has 0 radical (unpaired) electrons. The summed E-state index contributed by atoms with van der Waals surface area (Å²) in [7, 11) is -2.30. The SMILES string of the molecule is CCCN(COC)C(=O)n1cnc(S(=O)(=O)N(CC)CC)n1. The Kier molecular flexibility index (Phi) is 6.91. The summed E-state index contributed by atoms with van der Waals surface area (Å²) in [6.07, 6.45) is 1.85. The summed E-state index contributed by atoms with van der Waals surface area (Å²) in [6, 6.07) is -0.475. The van der Waals surface area contributed by atoms with Crippen LogP contribution in [0.2, 0.25) is 0 Å². The fourth-order valence-electron chi connectivity index (χ4n) is 1.92. The molecule has 126 valence electrons. The molecule has 1 heterocycles. The maximum absolute atomic E-state index is 12.3. The van der Waals surface area contributed by atoms with Crippen molar-refractivity contribution >= 4 is 16.1 Å². The smallest absolute Gasteiger partial charge is 0.348 e. The molecular formula is C12H23N5O4S. The summed E-state index contributed by atoms with van der Waals surface area (Å²) in [5.41, 5.74) is 0. The van der Waals surface area contributed by atoms with Gasteiger partial charge in [-0.25, -0.2) is 18.2 Å². The van der Waals surface area contributed by atoms with E-state index in [2.05, 4.69) is 10.1 Å². The Morgan fingerprint density at radius 3 is 2.45 bits per heavy atom. The molecule has 1 aromatic heterocycles. The van der Waals surface area contributed by atoms with E-state index in [9.17, 15) is 13.2 Å². The van der Waals surface area contributed by atoms with E-state index in [-0.39, 0.29) is 11.9 Å². The van der Waals surface area contributed by atoms with Crippen molar-refractivity contribution in [3.8, 4) is 0 Å². The normalized spacial score (nSPS) is 11.9. The second-order valence-electron chi connectivity index (χ2n) is 4.52. The molecule has 0 aliphatic carbocycles. The molecule has 1 rings (SSSR count). The molecule has 10 heteroatoms. The Labute approximate surface area is 130 Å². The topological polar surface area (TPSA) is 97.6 Å². The minimum absolute atomic E-state index is 0.102. The van der Waals surface area contributed by atoms with Crippen molar-refractivity contribution < 1.29 is 17.9 Å². The van der Waals surface area contributed by atoms with Crippen LogP contribution in [0.4, 0.5) is 4.79 Å². The zero-order valence-corrected chi connectivity index (χ0v) is 14.2. The van der Waals surface area contributed by atoms with E-state index in [4.69, 9.17) is 4.74 Å². The molecule has 0 N–H and O–H groups in total. The van der Waals surface area contributed by atoms with Gasteiger partial charge in [-0.2, -0.15) is 8.99 Å². The lowest BCUT2D eigenvalue weighted by atomic mass is 10.4. The van der Waals surface area contributed by atoms with E-state index in [1.54, 1.807) is 13.8 Å². The zero-order valence-electron chi connectivity index (χ0n) is 13.4. The third-order valence-corrected chi connectivity index (χ3v) is 4.84. The minimum Gasteiger partial charge on any atom is -0.364 e. The number of ether oxygens (including phenoxy) is 1. The molecule has 9 nitrogen and oxygen atoms in total. The molecule has 0 saturated carbocycles. The van der Waals surface area contributed by atoms with E-state index < -0.39 is 16.1 Å². The standard InChI is InChI=1S/C12H23N5O4S/c1-5-8-15(10-21-4)12(18)17-9-13-11(14-17)22(19,20)16(6-2)7-3/h9H,5-8,10H2,1-4H3. The number of hydrogen-bond acceptors (Lipinski definition) is 6. The first kappa shape index (κ1) is 18.5. The lowest BCUT2D eigenvalue weighted by Gasteiger charge is -2.20. The Morgan fingerprint density at radius 2 is 1.95 bits per heavy atom. The van der Waals surface area contributed by atoms with Crippen molar-refractivity contribution in [2.45, 2.75) is 32.3 Å². The van der Waals surface area contributed by atoms with Gasteiger partial charge in [0, 0.05) is 26.7 Å². The van der Waals surface area contributed by atoms with Gasteiger partial charge in [0.1, 0.15) is 13.1 Å². The third kappa shape index (κ3) is 4.02. The highest BCUT2D eigenvalue weighted by Crippen LogP contribution is 2.10. The quantitative estimate of drug-likeness (QED) is 0.646. The summed E-state index contributed by atoms with van der Waals surface area (Å²) in [5, 5.41) is 3.44. The molecular weight excluding hydrogens is 310 g/mol. The maximum atomic E-state index is 12.3. The molecule has 0 spiro atoms. The first-order chi connectivity index (χ1) is 10.4. The van der Waals surface area contributed by atoms with E-state index in [1.165, 1.54) is 16.3 Å². The van der Waals surface area contributed by atoms with Crippen molar-refractivity contribution in [2.75, 3.05) is 33.5 Å². The van der Waals surface area contributed by atoms with Crippen LogP contribution >= 0.6 is 0 Å². The largest absolute Gasteiger partial charge is 0.364 e. The predicted octanol–water partition coefficient (Wildman–Crippen LogP) is 0.593. The molecule has 0 atom stereocenters. The lowest BCUT2D eigenvalue weighted by Crippen LogP contribution is -2.37. The molecule has 1 aromatic rings. The van der Waals surface area contributed by atoms with Crippen LogP contribution in [0.5, 0.6) is 0 Å². The molecule has 0 aliphatic rings. The lowest BCUT2D eigenvalue weighted by molar-refractivity contribution is 0.0818. The van der Waals surface area contributed by atoms with Crippen molar-refractivity contribution in [1.29, 1.82) is 0 Å². The Balaban J connectivity index is 3.02. The van der Waals surface area contributed by atoms with Crippen LogP contribution in [0.15, 0.2) is 11.5 Å². The highest BCUT2D eigenvalue weighted by atomic mass is 32.2. The van der Waals surface area contributed by atoms with Crippen LogP contribution in [0, 0.1) is 0 Å². The number of sulfonamides is 1. The van der Waals surface area contributed by atoms with Gasteiger partial charge in [-0.15, -0.1) is 5.10 Å². The average Bonchev–Trinajstić information content (AvgIpc) is 2.98. The molecule has 0 bridgehead atoms. The van der Waals surface area contributed by atoms with Gasteiger partial charge in [-0.3, -0.25) is 4.90 Å². The first-order valence-electron chi connectivity index (χ1n) is 7.12. The predicted molar refractivity (Wildman–Crippen MR) is 79.8 cm³/mol. The number of carbonyl (C=O) groups is 1. The minimum atomic E-state index is -3.78. The molecule has 0 aliphatic heterocycles. The summed E-state index contributed by atoms with van der Waals surface area (Å²) >= 11 is 0. The van der Waals surface area contributed by atoms with Gasteiger partial charge in [-0.05, 0) is 6.42 Å². The molecule has 0 fully saturated rings. The van der Waals surface area contributed by atoms with Crippen molar-refractivity contribution in [1.82, 2.24) is 24.0 Å². The Morgan fingerprint density at radius 1 is 1.32 bits per heavy atom. The van der Waals surface area contributed by atoms with Gasteiger partial charge in [-0.1, -0.05) is 20.8 Å². The monoisotopic (exact) mass is 333 g/mol. The number of hydrogen-bond donors (Lipinski definition) is 0. The van der Waals surface area contributed by atoms with Gasteiger partial charge in [0.15, 0.2) is 0 Å². The summed E-state index contributed by atoms with van der Waals surface area (Å²) < 4.78 is 31.7. The number of methoxy groups -OCH3 is 1. The number of rotatable bonds is 8. The molecule has 1 amide bonds. The summed E-state index contributed by atoms with van der Waals surface area (Å²) in [6.45, 7) is 6.58. The number of nitrogens with zero attached hydrogens (tertiary/aromatic N) is 5. The van der Waals surface area contributed by atoms with Crippen LogP contribution in [-0.4, -0.2) is 71.9 Å². The average molecular weight is 333 g/mol. The Bertz CT molecular complexity index is 576. The number of amides is 1. The summed E-state index contributed by atoms with van der Waals surface area (Å²) in [4.78, 5) is 17.5. The second-order valence-corrected chi connectivity index (χ2v) is 6.36. The molecule has 0 aromatic carbocycles. The van der Waals surface area contributed by atoms with E-state index >= 15 is 0 Å². The van der Waals surface area contributed by atoms with Crippen LogP contribution in [0.25, 0.3) is 0 Å². The van der Waals surface area contributed by atoms with Crippen molar-refractivity contribution in [2.24, 2.45) is 0 Å². The Hall–Kier alpha value is -1.52. The highest BCUT2D eigenvalue weighted by molar-refractivity contribution is 7.88. The number of carbonyl (C=O) groups excluding carboxylic acids is 1. The van der Waals surface area contributed by atoms with Crippen LogP contribution in [0.1, 0.15) is 27.2 Å². The number of aromatic nitrogens is 3. The van der Waals surface area contributed by atoms with Crippen LogP contribution in [0.3, 0.4) is 0 Å². The van der Waals surface area contributed by atoms with Gasteiger partial charge < -0.3 is 4.74 Å². The first-order valence-corrected chi connectivity index (χ1v) is 8.56. The van der Waals surface area contributed by atoms with E-state index in [1.807, 2.05) is 6.92 Å². The zero-order chi connectivity index (χ0) is 16.8. The highest BCUT2D eigenvalue weighted by Gasteiger charge is 2.27. The molecule has 0 saturated heterocycles. The van der Waals surface area contributed by atoms with Gasteiger partial charge in [0.2, 0.25) is 0 Å². The van der Waals surface area contributed by atoms with Crippen molar-refractivity contribution in [3.05, 3.63) is 6.33 Å². The third-order valence-electron chi connectivity index (χ3n) is 2.99. The van der Waals surface area contributed by atoms with Crippen molar-refractivity contribution in [3.63, 3.8) is 0 Å². The maximum Gasteiger partial charge on any atom is 0.348 e. The van der Waals surface area contributed by atoms with Gasteiger partial charge >= 0.3 is 6.03 Å². The van der Waals surface area contributed by atoms with Crippen LogP contribution < -0.4 is 0 Å². The molecule has 22 heavy (non-hydrogen) atoms. The van der Waals surface area contributed by atoms with E-state index in [0.29, 0.717) is 19.6 Å².